The molecule has 270 valence electrons. The molecular weight excluding hydrogens is 604 g/mol. The summed E-state index contributed by atoms with van der Waals surface area (Å²) >= 11 is 0. The standard InChI is InChI=1S/C37H62O10/c1-10-21-28(45-19(2)30(33(6,7)43)46-20(3)38)29(42)35(9)24-12-11-23-32(4,5)25(47-31-27(41)26(40)22(39)17-44-31)13-14-36(23)18-37(24,36)16-15-34(21,35)8/h19,21-31,39-43H,10-18H2,1-9H3. The van der Waals surface area contributed by atoms with Gasteiger partial charge in [0.15, 0.2) is 12.4 Å². The average Bonchev–Trinajstić information content (AvgIpc) is 3.62. The van der Waals surface area contributed by atoms with E-state index >= 15 is 0 Å². The fourth-order valence-corrected chi connectivity index (χ4v) is 13.0. The lowest BCUT2D eigenvalue weighted by Crippen LogP contribution is -2.61. The van der Waals surface area contributed by atoms with Crippen molar-refractivity contribution >= 4 is 5.97 Å². The third kappa shape index (κ3) is 4.96. The van der Waals surface area contributed by atoms with Gasteiger partial charge in [-0.15, -0.1) is 0 Å². The van der Waals surface area contributed by atoms with E-state index in [1.54, 1.807) is 13.8 Å². The molecule has 47 heavy (non-hydrogen) atoms. The highest BCUT2D eigenvalue weighted by molar-refractivity contribution is 5.66. The van der Waals surface area contributed by atoms with E-state index in [0.717, 1.165) is 51.4 Å². The number of fused-ring (bicyclic) bond motifs is 2. The summed E-state index contributed by atoms with van der Waals surface area (Å²) in [6.07, 6.45) is 0.581. The quantitative estimate of drug-likeness (QED) is 0.191. The molecule has 6 rings (SSSR count). The Morgan fingerprint density at radius 1 is 0.957 bits per heavy atom. The predicted molar refractivity (Wildman–Crippen MR) is 173 cm³/mol. The lowest BCUT2D eigenvalue weighted by atomic mass is 9.41. The van der Waals surface area contributed by atoms with Gasteiger partial charge in [0.05, 0.1) is 36.6 Å². The highest BCUT2D eigenvalue weighted by Crippen LogP contribution is 2.89. The molecule has 16 atom stereocenters. The van der Waals surface area contributed by atoms with E-state index in [1.165, 1.54) is 6.92 Å². The van der Waals surface area contributed by atoms with E-state index in [4.69, 9.17) is 18.9 Å². The molecule has 1 aliphatic heterocycles. The Morgan fingerprint density at radius 3 is 2.21 bits per heavy atom. The fraction of sp³-hybridized carbons (Fsp3) is 0.973. The molecule has 0 bridgehead atoms. The van der Waals surface area contributed by atoms with Crippen LogP contribution in [0.25, 0.3) is 0 Å². The van der Waals surface area contributed by atoms with Crippen LogP contribution in [-0.4, -0.2) is 98.8 Å². The first-order valence-electron chi connectivity index (χ1n) is 18.3. The molecule has 0 aromatic rings. The Labute approximate surface area is 280 Å². The molecule has 0 radical (unpaired) electrons. The van der Waals surface area contributed by atoms with Gasteiger partial charge in [-0.05, 0) is 105 Å². The highest BCUT2D eigenvalue weighted by Gasteiger charge is 2.84. The molecule has 10 heteroatoms. The normalized spacial score (nSPS) is 51.5. The van der Waals surface area contributed by atoms with Gasteiger partial charge in [-0.25, -0.2) is 0 Å². The number of rotatable bonds is 8. The molecule has 6 fully saturated rings. The molecule has 6 aliphatic rings. The van der Waals surface area contributed by atoms with Gasteiger partial charge in [-0.2, -0.15) is 0 Å². The monoisotopic (exact) mass is 666 g/mol. The number of carbonyl (C=O) groups excluding carboxylic acids is 1. The van der Waals surface area contributed by atoms with Crippen molar-refractivity contribution in [3.05, 3.63) is 0 Å². The largest absolute Gasteiger partial charge is 0.457 e. The van der Waals surface area contributed by atoms with Gasteiger partial charge in [-0.1, -0.05) is 41.0 Å². The third-order valence-electron chi connectivity index (χ3n) is 15.3. The van der Waals surface area contributed by atoms with Gasteiger partial charge >= 0.3 is 5.97 Å². The van der Waals surface area contributed by atoms with Crippen LogP contribution in [0.1, 0.15) is 114 Å². The van der Waals surface area contributed by atoms with Crippen LogP contribution in [0.3, 0.4) is 0 Å². The Kier molecular flexibility index (Phi) is 8.87. The molecule has 16 unspecified atom stereocenters. The summed E-state index contributed by atoms with van der Waals surface area (Å²) in [6.45, 7) is 17.8. The minimum atomic E-state index is -1.31. The molecule has 10 nitrogen and oxygen atoms in total. The first kappa shape index (κ1) is 36.0. The summed E-state index contributed by atoms with van der Waals surface area (Å²) in [6, 6.07) is 0. The second-order valence-electron chi connectivity index (χ2n) is 18.1. The van der Waals surface area contributed by atoms with Crippen molar-refractivity contribution in [3.8, 4) is 0 Å². The van der Waals surface area contributed by atoms with Crippen LogP contribution < -0.4 is 0 Å². The summed E-state index contributed by atoms with van der Waals surface area (Å²) < 4.78 is 24.4. The van der Waals surface area contributed by atoms with Crippen molar-refractivity contribution in [1.82, 2.24) is 0 Å². The van der Waals surface area contributed by atoms with Crippen LogP contribution in [0.4, 0.5) is 0 Å². The van der Waals surface area contributed by atoms with Crippen molar-refractivity contribution in [2.75, 3.05) is 6.61 Å². The van der Waals surface area contributed by atoms with Crippen LogP contribution >= 0.6 is 0 Å². The molecule has 2 spiro atoms. The number of esters is 1. The van der Waals surface area contributed by atoms with E-state index in [1.807, 2.05) is 6.92 Å². The average molecular weight is 667 g/mol. The fourth-order valence-electron chi connectivity index (χ4n) is 13.0. The van der Waals surface area contributed by atoms with Gasteiger partial charge in [0.2, 0.25) is 0 Å². The van der Waals surface area contributed by atoms with Crippen LogP contribution in [0, 0.1) is 44.8 Å². The zero-order valence-corrected chi connectivity index (χ0v) is 30.1. The van der Waals surface area contributed by atoms with Crippen molar-refractivity contribution in [1.29, 1.82) is 0 Å². The Balaban J connectivity index is 1.25. The number of hydrogen-bond acceptors (Lipinski definition) is 10. The van der Waals surface area contributed by atoms with Gasteiger partial charge in [-0.3, -0.25) is 4.79 Å². The SMILES string of the molecule is CCC1C(OC(C)C(OC(C)=O)C(C)(C)O)C(O)C2(C)C3CCC4C(C)(C)C(OC5OCC(O)C(O)C5O)CCC45CC35CCC12C. The van der Waals surface area contributed by atoms with Crippen LogP contribution in [0.2, 0.25) is 0 Å². The summed E-state index contributed by atoms with van der Waals surface area (Å²) in [4.78, 5) is 12.0. The summed E-state index contributed by atoms with van der Waals surface area (Å²) in [5.74, 6) is 0.396. The minimum Gasteiger partial charge on any atom is -0.457 e. The van der Waals surface area contributed by atoms with Crippen LogP contribution in [0.15, 0.2) is 0 Å². The number of carbonyl (C=O) groups is 1. The van der Waals surface area contributed by atoms with Gasteiger partial charge in [0.25, 0.3) is 0 Å². The highest BCUT2D eigenvalue weighted by atomic mass is 16.7. The van der Waals surface area contributed by atoms with Gasteiger partial charge in [0.1, 0.15) is 18.3 Å². The van der Waals surface area contributed by atoms with Crippen molar-refractivity contribution in [2.24, 2.45) is 44.8 Å². The second kappa shape index (κ2) is 11.6. The number of hydrogen-bond donors (Lipinski definition) is 5. The number of aliphatic hydroxyl groups is 5. The first-order valence-corrected chi connectivity index (χ1v) is 18.3. The summed E-state index contributed by atoms with van der Waals surface area (Å²) in [5, 5.41) is 54.2. The topological polar surface area (TPSA) is 155 Å². The van der Waals surface area contributed by atoms with Gasteiger partial charge in [0, 0.05) is 12.3 Å². The second-order valence-corrected chi connectivity index (χ2v) is 18.1. The predicted octanol–water partition coefficient (Wildman–Crippen LogP) is 3.72. The molecule has 1 heterocycles. The Hall–Kier alpha value is -0.850. The molecule has 0 amide bonds. The van der Waals surface area contributed by atoms with Crippen molar-refractivity contribution in [3.63, 3.8) is 0 Å². The summed E-state index contributed by atoms with van der Waals surface area (Å²) in [5.41, 5.74) is -1.70. The minimum absolute atomic E-state index is 0.0711. The van der Waals surface area contributed by atoms with E-state index in [-0.39, 0.29) is 45.7 Å². The zero-order chi connectivity index (χ0) is 34.7. The maximum atomic E-state index is 12.5. The molecule has 0 aromatic carbocycles. The Morgan fingerprint density at radius 2 is 1.60 bits per heavy atom. The molecular formula is C37H62O10. The van der Waals surface area contributed by atoms with Crippen molar-refractivity contribution in [2.45, 2.75) is 174 Å². The maximum absolute atomic E-state index is 12.5. The Bertz CT molecular complexity index is 1200. The molecule has 1 saturated heterocycles. The number of ether oxygens (including phenoxy) is 4. The smallest absolute Gasteiger partial charge is 0.303 e. The van der Waals surface area contributed by atoms with Crippen LogP contribution in [0.5, 0.6) is 0 Å². The first-order chi connectivity index (χ1) is 21.7. The van der Waals surface area contributed by atoms with E-state index in [9.17, 15) is 30.3 Å². The summed E-state index contributed by atoms with van der Waals surface area (Å²) in [7, 11) is 0. The molecule has 5 N–H and O–H groups in total. The van der Waals surface area contributed by atoms with Crippen molar-refractivity contribution < 1.29 is 49.3 Å². The van der Waals surface area contributed by atoms with Gasteiger partial charge < -0.3 is 44.5 Å². The molecule has 5 saturated carbocycles. The molecule has 5 aliphatic carbocycles. The van der Waals surface area contributed by atoms with E-state index in [2.05, 4.69) is 34.6 Å². The lowest BCUT2D eigenvalue weighted by molar-refractivity contribution is -0.303. The van der Waals surface area contributed by atoms with E-state index in [0.29, 0.717) is 11.8 Å². The van der Waals surface area contributed by atoms with Crippen LogP contribution in [-0.2, 0) is 23.7 Å². The molecule has 0 aromatic heterocycles. The third-order valence-corrected chi connectivity index (χ3v) is 15.3. The lowest BCUT2D eigenvalue weighted by Gasteiger charge is -2.63. The number of aliphatic hydroxyl groups excluding tert-OH is 4. The zero-order valence-electron chi connectivity index (χ0n) is 30.1. The van der Waals surface area contributed by atoms with E-state index < -0.39 is 60.6 Å². The maximum Gasteiger partial charge on any atom is 0.303 e.